The van der Waals surface area contributed by atoms with E-state index in [-0.39, 0.29) is 17.2 Å². The molecule has 1 aromatic rings. The Balaban J connectivity index is 2.39. The van der Waals surface area contributed by atoms with Crippen LogP contribution in [0.2, 0.25) is 0 Å². The molecule has 1 aromatic carbocycles. The lowest BCUT2D eigenvalue weighted by atomic mass is 9.80. The van der Waals surface area contributed by atoms with Gasteiger partial charge in [0.1, 0.15) is 11.5 Å². The third-order valence-electron chi connectivity index (χ3n) is 3.88. The molecule has 0 fully saturated rings. The van der Waals surface area contributed by atoms with Gasteiger partial charge in [0.25, 0.3) is 0 Å². The maximum Gasteiger partial charge on any atom is 0.448 e. The number of hydrogen-bond acceptors (Lipinski definition) is 4. The fourth-order valence-electron chi connectivity index (χ4n) is 2.81. The first-order valence-electron chi connectivity index (χ1n) is 7.43. The summed E-state index contributed by atoms with van der Waals surface area (Å²) in [5, 5.41) is 30.1. The van der Waals surface area contributed by atoms with E-state index in [9.17, 15) is 19.9 Å². The quantitative estimate of drug-likeness (QED) is 0.517. The normalized spacial score (nSPS) is 22.2. The standard InChI is InChI=1S/C16H20NO6P/c1-2-13(10-4-3-5-11(18)8-10)16(20)14-9-12(19)6-7-15(14)17-24(21,22)23/h3-9,13-14,16,18-20H,2H2,1H3,(H2,21,22,23)/b17-15+. The molecular formula is C16H20NO6P. The number of aliphatic hydroxyl groups is 2. The highest BCUT2D eigenvalue weighted by Crippen LogP contribution is 2.40. The number of hydrogen-bond donors (Lipinski definition) is 5. The Hall–Kier alpha value is -1.92. The molecule has 8 heteroatoms. The van der Waals surface area contributed by atoms with E-state index in [1.807, 2.05) is 6.92 Å². The van der Waals surface area contributed by atoms with Gasteiger partial charge >= 0.3 is 7.75 Å². The predicted octanol–water partition coefficient (Wildman–Crippen LogP) is 2.41. The lowest BCUT2D eigenvalue weighted by Gasteiger charge is -2.29. The van der Waals surface area contributed by atoms with Crippen molar-refractivity contribution >= 4 is 13.5 Å². The summed E-state index contributed by atoms with van der Waals surface area (Å²) in [4.78, 5) is 18.2. The van der Waals surface area contributed by atoms with Gasteiger partial charge < -0.3 is 25.1 Å². The topological polar surface area (TPSA) is 131 Å². The summed E-state index contributed by atoms with van der Waals surface area (Å²) in [6, 6.07) is 6.44. The third kappa shape index (κ3) is 4.55. The first kappa shape index (κ1) is 18.4. The molecule has 0 saturated heterocycles. The molecule has 7 nitrogen and oxygen atoms in total. The molecule has 1 aliphatic rings. The van der Waals surface area contributed by atoms with Gasteiger partial charge in [-0.3, -0.25) is 0 Å². The van der Waals surface area contributed by atoms with Gasteiger partial charge in [-0.25, -0.2) is 4.57 Å². The van der Waals surface area contributed by atoms with E-state index in [0.717, 1.165) is 0 Å². The van der Waals surface area contributed by atoms with Gasteiger partial charge in [-0.2, -0.15) is 4.76 Å². The van der Waals surface area contributed by atoms with E-state index in [1.165, 1.54) is 30.4 Å². The smallest absolute Gasteiger partial charge is 0.448 e. The first-order chi connectivity index (χ1) is 11.2. The molecule has 2 rings (SSSR count). The second-order valence-electron chi connectivity index (χ2n) is 5.59. The van der Waals surface area contributed by atoms with Crippen molar-refractivity contribution in [2.45, 2.75) is 25.4 Å². The number of rotatable bonds is 5. The van der Waals surface area contributed by atoms with Crippen LogP contribution in [0.15, 0.2) is 53.0 Å². The lowest BCUT2D eigenvalue weighted by Crippen LogP contribution is -2.32. The largest absolute Gasteiger partial charge is 0.508 e. The zero-order chi connectivity index (χ0) is 17.9. The highest BCUT2D eigenvalue weighted by molar-refractivity contribution is 7.50. The summed E-state index contributed by atoms with van der Waals surface area (Å²) in [5.74, 6) is -1.35. The second kappa shape index (κ2) is 7.32. The zero-order valence-corrected chi connectivity index (χ0v) is 13.9. The van der Waals surface area contributed by atoms with Crippen molar-refractivity contribution < 1.29 is 29.7 Å². The van der Waals surface area contributed by atoms with Crippen LogP contribution in [0.1, 0.15) is 24.8 Å². The molecule has 0 radical (unpaired) electrons. The molecule has 3 atom stereocenters. The van der Waals surface area contributed by atoms with E-state index < -0.39 is 25.7 Å². The average molecular weight is 353 g/mol. The van der Waals surface area contributed by atoms with E-state index in [4.69, 9.17) is 9.79 Å². The van der Waals surface area contributed by atoms with Gasteiger partial charge in [0.15, 0.2) is 0 Å². The van der Waals surface area contributed by atoms with Crippen molar-refractivity contribution in [2.75, 3.05) is 0 Å². The van der Waals surface area contributed by atoms with Gasteiger partial charge in [-0.05, 0) is 42.3 Å². The lowest BCUT2D eigenvalue weighted by molar-refractivity contribution is 0.121. The molecule has 0 bridgehead atoms. The van der Waals surface area contributed by atoms with Gasteiger partial charge in [0, 0.05) is 11.8 Å². The highest BCUT2D eigenvalue weighted by Gasteiger charge is 2.32. The molecule has 0 aromatic heterocycles. The summed E-state index contributed by atoms with van der Waals surface area (Å²) in [5.41, 5.74) is 0.676. The minimum absolute atomic E-state index is 0.00719. The number of phenols is 1. The van der Waals surface area contributed by atoms with Crippen LogP contribution in [0.3, 0.4) is 0 Å². The van der Waals surface area contributed by atoms with Crippen LogP contribution in [0, 0.1) is 5.92 Å². The fraction of sp³-hybridized carbons (Fsp3) is 0.312. The van der Waals surface area contributed by atoms with Crippen molar-refractivity contribution in [1.82, 2.24) is 0 Å². The SMILES string of the molecule is CCC(c1cccc(O)c1)C(O)C1C=C(O)C=C/C1=N\P(=O)(O)O. The highest BCUT2D eigenvalue weighted by atomic mass is 31.2. The van der Waals surface area contributed by atoms with Crippen LogP contribution in [0.25, 0.3) is 0 Å². The second-order valence-corrected chi connectivity index (χ2v) is 6.82. The fourth-order valence-corrected chi connectivity index (χ4v) is 3.31. The maximum atomic E-state index is 11.2. The Morgan fingerprint density at radius 3 is 2.54 bits per heavy atom. The molecular weight excluding hydrogens is 333 g/mol. The first-order valence-corrected chi connectivity index (χ1v) is 8.99. The van der Waals surface area contributed by atoms with E-state index in [0.29, 0.717) is 12.0 Å². The predicted molar refractivity (Wildman–Crippen MR) is 90.0 cm³/mol. The summed E-state index contributed by atoms with van der Waals surface area (Å²) in [6.45, 7) is 1.85. The molecule has 1 aliphatic carbocycles. The van der Waals surface area contributed by atoms with Gasteiger partial charge in [-0.1, -0.05) is 19.1 Å². The molecule has 5 N–H and O–H groups in total. The number of allylic oxidation sites excluding steroid dienone is 2. The Morgan fingerprint density at radius 2 is 1.96 bits per heavy atom. The molecule has 0 saturated carbocycles. The molecule has 3 unspecified atom stereocenters. The molecule has 130 valence electrons. The summed E-state index contributed by atoms with van der Waals surface area (Å²) >= 11 is 0. The Morgan fingerprint density at radius 1 is 1.25 bits per heavy atom. The van der Waals surface area contributed by atoms with Crippen LogP contribution in [-0.2, 0) is 4.57 Å². The van der Waals surface area contributed by atoms with E-state index in [2.05, 4.69) is 4.76 Å². The van der Waals surface area contributed by atoms with Crippen LogP contribution in [0.5, 0.6) is 5.75 Å². The molecule has 24 heavy (non-hydrogen) atoms. The van der Waals surface area contributed by atoms with Gasteiger partial charge in [-0.15, -0.1) is 0 Å². The van der Waals surface area contributed by atoms with Crippen molar-refractivity contribution in [3.05, 3.63) is 53.8 Å². The summed E-state index contributed by atoms with van der Waals surface area (Å²) in [7, 11) is -4.67. The maximum absolute atomic E-state index is 11.2. The van der Waals surface area contributed by atoms with E-state index in [1.54, 1.807) is 12.1 Å². The van der Waals surface area contributed by atoms with Crippen LogP contribution < -0.4 is 0 Å². The summed E-state index contributed by atoms with van der Waals surface area (Å²) in [6.07, 6.45) is 3.27. The molecule has 0 heterocycles. The number of aliphatic hydroxyl groups excluding tert-OH is 2. The Kier molecular flexibility index (Phi) is 5.62. The average Bonchev–Trinajstić information content (AvgIpc) is 2.48. The zero-order valence-electron chi connectivity index (χ0n) is 13.0. The Bertz CT molecular complexity index is 736. The van der Waals surface area contributed by atoms with Gasteiger partial charge in [0.05, 0.1) is 11.8 Å². The van der Waals surface area contributed by atoms with Crippen LogP contribution >= 0.6 is 7.75 Å². The molecule has 0 spiro atoms. The van der Waals surface area contributed by atoms with Crippen molar-refractivity contribution in [3.63, 3.8) is 0 Å². The molecule has 0 aliphatic heterocycles. The summed E-state index contributed by atoms with van der Waals surface area (Å²) < 4.78 is 14.5. The van der Waals surface area contributed by atoms with Gasteiger partial charge in [0.2, 0.25) is 0 Å². The van der Waals surface area contributed by atoms with Crippen molar-refractivity contribution in [1.29, 1.82) is 0 Å². The number of nitrogens with zero attached hydrogens (tertiary/aromatic N) is 1. The minimum Gasteiger partial charge on any atom is -0.508 e. The van der Waals surface area contributed by atoms with Crippen molar-refractivity contribution in [2.24, 2.45) is 10.7 Å². The minimum atomic E-state index is -4.67. The number of phenolic OH excluding ortho intramolecular Hbond substituents is 1. The van der Waals surface area contributed by atoms with Crippen LogP contribution in [-0.4, -0.2) is 36.9 Å². The third-order valence-corrected chi connectivity index (χ3v) is 4.37. The van der Waals surface area contributed by atoms with Crippen molar-refractivity contribution in [3.8, 4) is 5.75 Å². The monoisotopic (exact) mass is 353 g/mol. The van der Waals surface area contributed by atoms with E-state index >= 15 is 0 Å². The van der Waals surface area contributed by atoms with Crippen LogP contribution in [0.4, 0.5) is 0 Å². The molecule has 0 amide bonds. The number of benzene rings is 1. The number of aromatic hydroxyl groups is 1. The Labute approximate surface area is 139 Å².